The van der Waals surface area contributed by atoms with Gasteiger partial charge in [0.15, 0.2) is 0 Å². The number of aromatic nitrogens is 2. The van der Waals surface area contributed by atoms with Crippen LogP contribution in [-0.4, -0.2) is 33.7 Å². The number of anilines is 2. The second-order valence-electron chi connectivity index (χ2n) is 5.28. The molecule has 1 saturated heterocycles. The van der Waals surface area contributed by atoms with Gasteiger partial charge < -0.3 is 15.7 Å². The standard InChI is InChI=1S/C13H18N4OS2/c1-7-6-19-12(15-7)10-11(14)16-20-13(10)17-4-3-9(5-17)8(2)18/h6,8-9,18H,3-5H2,1-2H3,(H2,14,16). The van der Waals surface area contributed by atoms with Gasteiger partial charge in [-0.2, -0.15) is 4.37 Å². The molecule has 1 fully saturated rings. The summed E-state index contributed by atoms with van der Waals surface area (Å²) in [4.78, 5) is 6.80. The number of hydrogen-bond donors (Lipinski definition) is 2. The van der Waals surface area contributed by atoms with Gasteiger partial charge in [-0.1, -0.05) is 0 Å². The van der Waals surface area contributed by atoms with Crippen LogP contribution in [0.2, 0.25) is 0 Å². The van der Waals surface area contributed by atoms with E-state index in [9.17, 15) is 5.11 Å². The zero-order valence-corrected chi connectivity index (χ0v) is 13.2. The van der Waals surface area contributed by atoms with Crippen LogP contribution in [0.1, 0.15) is 19.0 Å². The molecule has 1 aliphatic heterocycles. The number of aryl methyl sites for hydroxylation is 1. The predicted octanol–water partition coefficient (Wildman–Crippen LogP) is 2.36. The Morgan fingerprint density at radius 2 is 2.35 bits per heavy atom. The lowest BCUT2D eigenvalue weighted by atomic mass is 10.0. The van der Waals surface area contributed by atoms with Crippen LogP contribution < -0.4 is 10.6 Å². The number of aliphatic hydroxyl groups excluding tert-OH is 1. The van der Waals surface area contributed by atoms with Gasteiger partial charge in [0, 0.05) is 30.1 Å². The first-order valence-electron chi connectivity index (χ1n) is 6.67. The van der Waals surface area contributed by atoms with Crippen LogP contribution in [0.4, 0.5) is 10.8 Å². The molecule has 108 valence electrons. The maximum Gasteiger partial charge on any atom is 0.149 e. The van der Waals surface area contributed by atoms with Crippen LogP contribution in [-0.2, 0) is 0 Å². The summed E-state index contributed by atoms with van der Waals surface area (Å²) in [6.45, 7) is 5.64. The van der Waals surface area contributed by atoms with E-state index in [4.69, 9.17) is 5.73 Å². The highest BCUT2D eigenvalue weighted by atomic mass is 32.1. The molecular weight excluding hydrogens is 292 g/mol. The van der Waals surface area contributed by atoms with Crippen LogP contribution in [0.3, 0.4) is 0 Å². The summed E-state index contributed by atoms with van der Waals surface area (Å²) < 4.78 is 4.30. The maximum absolute atomic E-state index is 9.74. The predicted molar refractivity (Wildman–Crippen MR) is 84.4 cm³/mol. The molecule has 0 aromatic carbocycles. The lowest BCUT2D eigenvalue weighted by molar-refractivity contribution is 0.136. The van der Waals surface area contributed by atoms with Crippen molar-refractivity contribution in [1.29, 1.82) is 0 Å². The molecule has 2 unspecified atom stereocenters. The van der Waals surface area contributed by atoms with Gasteiger partial charge in [-0.05, 0) is 31.8 Å². The van der Waals surface area contributed by atoms with Crippen LogP contribution in [0, 0.1) is 12.8 Å². The van der Waals surface area contributed by atoms with Crippen molar-refractivity contribution in [3.05, 3.63) is 11.1 Å². The Labute approximate surface area is 126 Å². The van der Waals surface area contributed by atoms with Gasteiger partial charge in [-0.25, -0.2) is 4.98 Å². The van der Waals surface area contributed by atoms with Crippen molar-refractivity contribution in [2.24, 2.45) is 5.92 Å². The molecule has 0 radical (unpaired) electrons. The lowest BCUT2D eigenvalue weighted by Gasteiger charge is -2.18. The Morgan fingerprint density at radius 1 is 1.55 bits per heavy atom. The van der Waals surface area contributed by atoms with E-state index in [0.29, 0.717) is 11.7 Å². The van der Waals surface area contributed by atoms with E-state index in [1.54, 1.807) is 11.3 Å². The fourth-order valence-electron chi connectivity index (χ4n) is 2.54. The van der Waals surface area contributed by atoms with E-state index in [2.05, 4.69) is 14.3 Å². The molecule has 2 aromatic heterocycles. The van der Waals surface area contributed by atoms with Crippen LogP contribution in [0.25, 0.3) is 10.6 Å². The molecule has 2 atom stereocenters. The topological polar surface area (TPSA) is 75.3 Å². The zero-order valence-electron chi connectivity index (χ0n) is 11.5. The van der Waals surface area contributed by atoms with Crippen LogP contribution in [0.15, 0.2) is 5.38 Å². The van der Waals surface area contributed by atoms with Crippen molar-refractivity contribution in [2.75, 3.05) is 23.7 Å². The smallest absolute Gasteiger partial charge is 0.149 e. The van der Waals surface area contributed by atoms with Crippen molar-refractivity contribution < 1.29 is 5.11 Å². The number of nitrogen functional groups attached to an aromatic ring is 1. The summed E-state index contributed by atoms with van der Waals surface area (Å²) in [5.41, 5.74) is 8.00. The SMILES string of the molecule is Cc1csc(-c2c(N)nsc2N2CCC(C(C)O)C2)n1. The molecule has 3 rings (SSSR count). The highest BCUT2D eigenvalue weighted by molar-refractivity contribution is 7.15. The van der Waals surface area contributed by atoms with E-state index in [-0.39, 0.29) is 6.10 Å². The molecular formula is C13H18N4OS2. The summed E-state index contributed by atoms with van der Waals surface area (Å²) in [5, 5.41) is 13.8. The summed E-state index contributed by atoms with van der Waals surface area (Å²) in [6, 6.07) is 0. The van der Waals surface area contributed by atoms with Crippen LogP contribution >= 0.6 is 22.9 Å². The number of nitrogens with zero attached hydrogens (tertiary/aromatic N) is 3. The number of aliphatic hydroxyl groups is 1. The van der Waals surface area contributed by atoms with E-state index in [1.807, 2.05) is 19.2 Å². The second-order valence-corrected chi connectivity index (χ2v) is 6.89. The largest absolute Gasteiger partial charge is 0.393 e. The summed E-state index contributed by atoms with van der Waals surface area (Å²) in [6.07, 6.45) is 0.738. The average molecular weight is 310 g/mol. The minimum absolute atomic E-state index is 0.268. The minimum atomic E-state index is -0.268. The Balaban J connectivity index is 1.92. The van der Waals surface area contributed by atoms with E-state index < -0.39 is 0 Å². The molecule has 20 heavy (non-hydrogen) atoms. The Morgan fingerprint density at radius 3 is 2.95 bits per heavy atom. The summed E-state index contributed by atoms with van der Waals surface area (Å²) in [7, 11) is 0. The molecule has 0 bridgehead atoms. The number of nitrogens with two attached hydrogens (primary N) is 1. The van der Waals surface area contributed by atoms with Gasteiger partial charge in [-0.15, -0.1) is 11.3 Å². The van der Waals surface area contributed by atoms with Crippen molar-refractivity contribution >= 4 is 33.7 Å². The number of thiazole rings is 1. The molecule has 0 amide bonds. The van der Waals surface area contributed by atoms with Gasteiger partial charge in [-0.3, -0.25) is 0 Å². The molecule has 5 nitrogen and oxygen atoms in total. The Kier molecular flexibility index (Phi) is 3.66. The first-order chi connectivity index (χ1) is 9.56. The molecule has 0 saturated carbocycles. The quantitative estimate of drug-likeness (QED) is 0.910. The third kappa shape index (κ3) is 2.41. The van der Waals surface area contributed by atoms with Gasteiger partial charge >= 0.3 is 0 Å². The molecule has 0 aliphatic carbocycles. The molecule has 1 aliphatic rings. The maximum atomic E-state index is 9.74. The highest BCUT2D eigenvalue weighted by Gasteiger charge is 2.30. The second kappa shape index (κ2) is 5.31. The molecule has 3 N–H and O–H groups in total. The zero-order chi connectivity index (χ0) is 14.3. The summed E-state index contributed by atoms with van der Waals surface area (Å²) in [5.74, 6) is 0.879. The fraction of sp³-hybridized carbons (Fsp3) is 0.538. The minimum Gasteiger partial charge on any atom is -0.393 e. The number of hydrogen-bond acceptors (Lipinski definition) is 7. The van der Waals surface area contributed by atoms with E-state index >= 15 is 0 Å². The normalized spacial score (nSPS) is 20.6. The monoisotopic (exact) mass is 310 g/mol. The van der Waals surface area contributed by atoms with Gasteiger partial charge in [0.25, 0.3) is 0 Å². The first-order valence-corrected chi connectivity index (χ1v) is 8.32. The van der Waals surface area contributed by atoms with Crippen molar-refractivity contribution in [1.82, 2.24) is 9.36 Å². The van der Waals surface area contributed by atoms with E-state index in [0.717, 1.165) is 40.8 Å². The van der Waals surface area contributed by atoms with Crippen LogP contribution in [0.5, 0.6) is 0 Å². The van der Waals surface area contributed by atoms with E-state index in [1.165, 1.54) is 11.5 Å². The third-order valence-corrected chi connectivity index (χ3v) is 5.63. The molecule has 3 heterocycles. The van der Waals surface area contributed by atoms with Crippen molar-refractivity contribution in [3.8, 4) is 10.6 Å². The van der Waals surface area contributed by atoms with Gasteiger partial charge in [0.1, 0.15) is 15.8 Å². The first kappa shape index (κ1) is 13.8. The Bertz CT molecular complexity index is 607. The van der Waals surface area contributed by atoms with Gasteiger partial charge in [0.2, 0.25) is 0 Å². The molecule has 2 aromatic rings. The average Bonchev–Trinajstić information content (AvgIpc) is 3.07. The van der Waals surface area contributed by atoms with Crippen molar-refractivity contribution in [3.63, 3.8) is 0 Å². The number of rotatable bonds is 3. The highest BCUT2D eigenvalue weighted by Crippen LogP contribution is 2.42. The third-order valence-electron chi connectivity index (χ3n) is 3.73. The lowest BCUT2D eigenvalue weighted by Crippen LogP contribution is -2.23. The Hall–Kier alpha value is -1.18. The van der Waals surface area contributed by atoms with Gasteiger partial charge in [0.05, 0.1) is 11.7 Å². The van der Waals surface area contributed by atoms with Crippen molar-refractivity contribution in [2.45, 2.75) is 26.4 Å². The molecule has 0 spiro atoms. The molecule has 7 heteroatoms. The fourth-order valence-corrected chi connectivity index (χ4v) is 4.31. The summed E-state index contributed by atoms with van der Waals surface area (Å²) >= 11 is 3.03.